The normalized spacial score (nSPS) is 12.1. The number of rotatable bonds is 3. The van der Waals surface area contributed by atoms with E-state index in [2.05, 4.69) is 23.1 Å². The summed E-state index contributed by atoms with van der Waals surface area (Å²) >= 11 is 1.59. The number of hydrogen-bond donors (Lipinski definition) is 1. The van der Waals surface area contributed by atoms with Gasteiger partial charge in [0.2, 0.25) is 0 Å². The van der Waals surface area contributed by atoms with Crippen LogP contribution in [0.25, 0.3) is 0 Å². The van der Waals surface area contributed by atoms with Crippen LogP contribution in [0.3, 0.4) is 0 Å². The van der Waals surface area contributed by atoms with Gasteiger partial charge in [-0.1, -0.05) is 12.8 Å². The van der Waals surface area contributed by atoms with E-state index in [1.54, 1.807) is 11.3 Å². The first-order chi connectivity index (χ1) is 5.76. The number of thiazole rings is 1. The minimum absolute atomic E-state index is 0.107. The lowest BCUT2D eigenvalue weighted by Gasteiger charge is -2.07. The highest BCUT2D eigenvalue weighted by molar-refractivity contribution is 7.13. The van der Waals surface area contributed by atoms with Crippen LogP contribution in [0.15, 0.2) is 5.38 Å². The van der Waals surface area contributed by atoms with Crippen molar-refractivity contribution in [3.8, 4) is 12.3 Å². The summed E-state index contributed by atoms with van der Waals surface area (Å²) in [6.07, 6.45) is 6.23. The maximum atomic E-state index is 5.30. The summed E-state index contributed by atoms with van der Waals surface area (Å²) in [5.74, 6) is 2.67. The Morgan fingerprint density at radius 2 is 2.58 bits per heavy atom. The van der Waals surface area contributed by atoms with Crippen LogP contribution in [0.1, 0.15) is 19.0 Å². The van der Waals surface area contributed by atoms with Gasteiger partial charge in [-0.05, 0) is 13.3 Å². The van der Waals surface area contributed by atoms with E-state index in [4.69, 9.17) is 6.42 Å². The Labute approximate surface area is 77.0 Å². The van der Waals surface area contributed by atoms with E-state index in [9.17, 15) is 0 Å². The molecule has 0 radical (unpaired) electrons. The smallest absolute Gasteiger partial charge is 0.183 e. The van der Waals surface area contributed by atoms with E-state index in [1.807, 2.05) is 12.3 Å². The van der Waals surface area contributed by atoms with E-state index in [-0.39, 0.29) is 6.04 Å². The highest BCUT2D eigenvalue weighted by atomic mass is 32.1. The number of aromatic nitrogens is 1. The molecule has 1 aromatic rings. The van der Waals surface area contributed by atoms with E-state index in [0.717, 1.165) is 17.2 Å². The fourth-order valence-corrected chi connectivity index (χ4v) is 1.57. The van der Waals surface area contributed by atoms with Gasteiger partial charge in [-0.3, -0.25) is 0 Å². The number of nitrogens with zero attached hydrogens (tertiary/aromatic N) is 1. The van der Waals surface area contributed by atoms with Crippen LogP contribution in [0.2, 0.25) is 0 Å². The molecule has 0 saturated heterocycles. The highest BCUT2D eigenvalue weighted by Gasteiger charge is 2.03. The Hall–Kier alpha value is -1.01. The number of terminal acetylenes is 1. The Balaban J connectivity index is 2.58. The molecule has 0 bridgehead atoms. The molecule has 1 aromatic heterocycles. The number of hydrogen-bond acceptors (Lipinski definition) is 3. The van der Waals surface area contributed by atoms with Crippen molar-refractivity contribution in [3.05, 3.63) is 11.1 Å². The Kier molecular flexibility index (Phi) is 3.12. The van der Waals surface area contributed by atoms with Gasteiger partial charge in [0.05, 0.1) is 11.7 Å². The second-order valence-electron chi connectivity index (χ2n) is 2.57. The number of anilines is 1. The summed E-state index contributed by atoms with van der Waals surface area (Å²) in [4.78, 5) is 4.26. The molecule has 0 saturated carbocycles. The van der Waals surface area contributed by atoms with Crippen LogP contribution >= 0.6 is 11.3 Å². The lowest BCUT2D eigenvalue weighted by Crippen LogP contribution is -2.15. The maximum Gasteiger partial charge on any atom is 0.183 e. The molecule has 1 unspecified atom stereocenters. The van der Waals surface area contributed by atoms with Crippen molar-refractivity contribution in [2.24, 2.45) is 0 Å². The zero-order valence-electron chi connectivity index (χ0n) is 7.29. The lowest BCUT2D eigenvalue weighted by molar-refractivity contribution is 0.855. The van der Waals surface area contributed by atoms with Crippen molar-refractivity contribution in [1.29, 1.82) is 0 Å². The molecule has 0 aliphatic heterocycles. The molecule has 3 heteroatoms. The molecule has 1 atom stereocenters. The monoisotopic (exact) mass is 180 g/mol. The Morgan fingerprint density at radius 1 is 1.83 bits per heavy atom. The van der Waals surface area contributed by atoms with E-state index < -0.39 is 0 Å². The molecule has 1 N–H and O–H groups in total. The van der Waals surface area contributed by atoms with Gasteiger partial charge in [-0.25, -0.2) is 4.98 Å². The van der Waals surface area contributed by atoms with Gasteiger partial charge in [0.1, 0.15) is 0 Å². The Bertz CT molecular complexity index is 285. The van der Waals surface area contributed by atoms with Crippen molar-refractivity contribution < 1.29 is 0 Å². The standard InChI is InChI=1S/C9H12N2S/c1-4-8(5-2)11-9-10-7(3)6-12-9/h1,6,8H,5H2,2-3H3,(H,10,11). The first-order valence-corrected chi connectivity index (χ1v) is 4.79. The number of nitrogens with one attached hydrogen (secondary N) is 1. The summed E-state index contributed by atoms with van der Waals surface area (Å²) in [6, 6.07) is 0.107. The van der Waals surface area contributed by atoms with Crippen LogP contribution in [0.4, 0.5) is 5.13 Å². The third-order valence-corrected chi connectivity index (χ3v) is 2.42. The molecule has 0 fully saturated rings. The van der Waals surface area contributed by atoms with E-state index in [0.29, 0.717) is 0 Å². The summed E-state index contributed by atoms with van der Waals surface area (Å²) in [5.41, 5.74) is 1.04. The van der Waals surface area contributed by atoms with Crippen molar-refractivity contribution in [2.75, 3.05) is 5.32 Å². The zero-order chi connectivity index (χ0) is 8.97. The van der Waals surface area contributed by atoms with Crippen LogP contribution in [-0.2, 0) is 0 Å². The third kappa shape index (κ3) is 2.24. The van der Waals surface area contributed by atoms with Crippen molar-refractivity contribution in [1.82, 2.24) is 4.98 Å². The van der Waals surface area contributed by atoms with Crippen molar-refractivity contribution in [2.45, 2.75) is 26.3 Å². The predicted octanol–water partition coefficient (Wildman–Crippen LogP) is 2.28. The van der Waals surface area contributed by atoms with Gasteiger partial charge in [-0.15, -0.1) is 17.8 Å². The van der Waals surface area contributed by atoms with Gasteiger partial charge in [-0.2, -0.15) is 0 Å². The fraction of sp³-hybridized carbons (Fsp3) is 0.444. The van der Waals surface area contributed by atoms with E-state index >= 15 is 0 Å². The van der Waals surface area contributed by atoms with Crippen molar-refractivity contribution in [3.63, 3.8) is 0 Å². The molecule has 0 aliphatic carbocycles. The second-order valence-corrected chi connectivity index (χ2v) is 3.42. The largest absolute Gasteiger partial charge is 0.348 e. The minimum atomic E-state index is 0.107. The topological polar surface area (TPSA) is 24.9 Å². The van der Waals surface area contributed by atoms with Gasteiger partial charge >= 0.3 is 0 Å². The average molecular weight is 180 g/mol. The summed E-state index contributed by atoms with van der Waals surface area (Å²) < 4.78 is 0. The highest BCUT2D eigenvalue weighted by Crippen LogP contribution is 2.15. The summed E-state index contributed by atoms with van der Waals surface area (Å²) in [5, 5.41) is 6.09. The minimum Gasteiger partial charge on any atom is -0.348 e. The molecule has 0 aromatic carbocycles. The summed E-state index contributed by atoms with van der Waals surface area (Å²) in [6.45, 7) is 4.02. The van der Waals surface area contributed by atoms with Gasteiger partial charge in [0.15, 0.2) is 5.13 Å². The molecule has 1 heterocycles. The zero-order valence-corrected chi connectivity index (χ0v) is 8.11. The van der Waals surface area contributed by atoms with Gasteiger partial charge < -0.3 is 5.32 Å². The molecular formula is C9H12N2S. The SMILES string of the molecule is C#CC(CC)Nc1nc(C)cs1. The first-order valence-electron chi connectivity index (χ1n) is 3.91. The molecular weight excluding hydrogens is 168 g/mol. The first kappa shape index (κ1) is 9.08. The van der Waals surface area contributed by atoms with Gasteiger partial charge in [0.25, 0.3) is 0 Å². The Morgan fingerprint density at radius 3 is 3.00 bits per heavy atom. The molecule has 2 nitrogen and oxygen atoms in total. The van der Waals surface area contributed by atoms with Crippen LogP contribution in [-0.4, -0.2) is 11.0 Å². The number of aryl methyl sites for hydroxylation is 1. The lowest BCUT2D eigenvalue weighted by atomic mass is 10.2. The fourth-order valence-electron chi connectivity index (χ4n) is 0.831. The third-order valence-electron chi connectivity index (χ3n) is 1.53. The van der Waals surface area contributed by atoms with Crippen molar-refractivity contribution >= 4 is 16.5 Å². The van der Waals surface area contributed by atoms with Crippen LogP contribution in [0, 0.1) is 19.3 Å². The van der Waals surface area contributed by atoms with Crippen LogP contribution in [0.5, 0.6) is 0 Å². The van der Waals surface area contributed by atoms with Gasteiger partial charge in [0, 0.05) is 5.38 Å². The molecule has 12 heavy (non-hydrogen) atoms. The van der Waals surface area contributed by atoms with E-state index in [1.165, 1.54) is 0 Å². The predicted molar refractivity (Wildman–Crippen MR) is 53.4 cm³/mol. The second kappa shape index (κ2) is 4.13. The molecule has 0 spiro atoms. The molecule has 0 amide bonds. The molecule has 64 valence electrons. The quantitative estimate of drug-likeness (QED) is 0.722. The molecule has 0 aliphatic rings. The average Bonchev–Trinajstić information content (AvgIpc) is 2.47. The summed E-state index contributed by atoms with van der Waals surface area (Å²) in [7, 11) is 0. The molecule has 1 rings (SSSR count). The maximum absolute atomic E-state index is 5.30. The van der Waals surface area contributed by atoms with Crippen LogP contribution < -0.4 is 5.32 Å².